The maximum atomic E-state index is 14.7. The fourth-order valence-electron chi connectivity index (χ4n) is 3.95. The zero-order valence-electron chi connectivity index (χ0n) is 21.6. The Hall–Kier alpha value is -4.97. The van der Waals surface area contributed by atoms with Gasteiger partial charge in [-0.2, -0.15) is 15.0 Å². The number of aromatic nitrogens is 2. The summed E-state index contributed by atoms with van der Waals surface area (Å²) in [5.74, 6) is -1.49. The topological polar surface area (TPSA) is 106 Å². The second-order valence-corrected chi connectivity index (χ2v) is 8.73. The summed E-state index contributed by atoms with van der Waals surface area (Å²) >= 11 is 0. The molecule has 1 amide bonds. The van der Waals surface area contributed by atoms with Gasteiger partial charge in [0.15, 0.2) is 5.69 Å². The molecule has 39 heavy (non-hydrogen) atoms. The molecular formula is C30H27FN4O4. The number of amides is 1. The van der Waals surface area contributed by atoms with Gasteiger partial charge >= 0.3 is 5.97 Å². The Morgan fingerprint density at radius 3 is 2.51 bits per heavy atom. The first-order valence-electron chi connectivity index (χ1n) is 12.4. The number of halogens is 1. The Labute approximate surface area is 225 Å². The molecule has 0 aliphatic carbocycles. The van der Waals surface area contributed by atoms with E-state index in [-0.39, 0.29) is 36.9 Å². The number of carbonyl (C=O) groups excluding carboxylic acids is 2. The van der Waals surface area contributed by atoms with Crippen molar-refractivity contribution in [3.63, 3.8) is 0 Å². The van der Waals surface area contributed by atoms with Crippen LogP contribution in [0.3, 0.4) is 0 Å². The molecule has 0 unspecified atom stereocenters. The molecule has 0 bridgehead atoms. The quantitative estimate of drug-likeness (QED) is 0.285. The van der Waals surface area contributed by atoms with Crippen LogP contribution in [0.25, 0.3) is 5.69 Å². The Bertz CT molecular complexity index is 1510. The van der Waals surface area contributed by atoms with E-state index >= 15 is 0 Å². The summed E-state index contributed by atoms with van der Waals surface area (Å²) < 4.78 is 26.9. The second-order valence-electron chi connectivity index (χ2n) is 8.73. The van der Waals surface area contributed by atoms with Gasteiger partial charge in [-0.25, -0.2) is 4.39 Å². The van der Waals surface area contributed by atoms with E-state index in [0.29, 0.717) is 11.1 Å². The molecule has 0 radical (unpaired) electrons. The van der Waals surface area contributed by atoms with Gasteiger partial charge in [0, 0.05) is 11.6 Å². The summed E-state index contributed by atoms with van der Waals surface area (Å²) in [6.07, 6.45) is -0.0784. The molecule has 0 fully saturated rings. The first-order valence-corrected chi connectivity index (χ1v) is 12.4. The Kier molecular flexibility index (Phi) is 8.69. The van der Waals surface area contributed by atoms with E-state index in [0.717, 1.165) is 11.1 Å². The lowest BCUT2D eigenvalue weighted by Gasteiger charge is -2.18. The fourth-order valence-corrected chi connectivity index (χ4v) is 3.95. The summed E-state index contributed by atoms with van der Waals surface area (Å²) in [5, 5.41) is 16.6. The molecule has 0 aliphatic rings. The SMILES string of the molecule is CCOC(=O)C[C@H](NC(=O)c1cc(OCc2ccccc2C#N)n(-c2ccccc2F)n1)c1ccc(C)cc1. The van der Waals surface area contributed by atoms with Crippen LogP contribution in [0.15, 0.2) is 78.9 Å². The van der Waals surface area contributed by atoms with Crippen molar-refractivity contribution in [2.24, 2.45) is 0 Å². The Balaban J connectivity index is 1.65. The van der Waals surface area contributed by atoms with E-state index in [1.165, 1.54) is 22.9 Å². The van der Waals surface area contributed by atoms with Crippen LogP contribution in [0, 0.1) is 24.1 Å². The van der Waals surface area contributed by atoms with Crippen LogP contribution in [0.5, 0.6) is 5.88 Å². The van der Waals surface area contributed by atoms with Crippen molar-refractivity contribution in [1.82, 2.24) is 15.1 Å². The highest BCUT2D eigenvalue weighted by molar-refractivity contribution is 5.93. The normalized spacial score (nSPS) is 11.3. The van der Waals surface area contributed by atoms with Gasteiger partial charge in [0.1, 0.15) is 18.1 Å². The van der Waals surface area contributed by atoms with Crippen molar-refractivity contribution in [3.05, 3.63) is 113 Å². The number of benzene rings is 3. The first kappa shape index (κ1) is 27.1. The summed E-state index contributed by atoms with van der Waals surface area (Å²) in [5.41, 5.74) is 2.86. The molecule has 1 aromatic heterocycles. The maximum absolute atomic E-state index is 14.7. The number of para-hydroxylation sites is 1. The fraction of sp³-hybridized carbons (Fsp3) is 0.200. The van der Waals surface area contributed by atoms with Gasteiger partial charge in [-0.3, -0.25) is 9.59 Å². The second kappa shape index (κ2) is 12.5. The lowest BCUT2D eigenvalue weighted by Crippen LogP contribution is -2.31. The van der Waals surface area contributed by atoms with Crippen molar-refractivity contribution in [2.45, 2.75) is 32.9 Å². The van der Waals surface area contributed by atoms with Crippen LogP contribution in [-0.4, -0.2) is 28.3 Å². The minimum absolute atomic E-state index is 0.000210. The number of hydrogen-bond acceptors (Lipinski definition) is 6. The molecule has 4 aromatic rings. The minimum atomic E-state index is -0.678. The number of ether oxygens (including phenoxy) is 2. The number of esters is 1. The van der Waals surface area contributed by atoms with Crippen LogP contribution < -0.4 is 10.1 Å². The van der Waals surface area contributed by atoms with Gasteiger partial charge in [0.05, 0.1) is 30.7 Å². The van der Waals surface area contributed by atoms with Crippen LogP contribution in [0.4, 0.5) is 4.39 Å². The molecule has 0 saturated carbocycles. The van der Waals surface area contributed by atoms with Gasteiger partial charge in [0.2, 0.25) is 5.88 Å². The maximum Gasteiger partial charge on any atom is 0.308 e. The highest BCUT2D eigenvalue weighted by Gasteiger charge is 2.24. The molecule has 1 N–H and O–H groups in total. The Morgan fingerprint density at radius 1 is 1.08 bits per heavy atom. The standard InChI is InChI=1S/C30H27FN4O4/c1-3-38-29(36)17-25(21-14-12-20(2)13-15-21)33-30(37)26-16-28(35(34-26)27-11-7-6-10-24(27)31)39-19-23-9-5-4-8-22(23)18-32/h4-16,25H,3,17,19H2,1-2H3,(H,33,37)/t25-/m0/s1. The summed E-state index contributed by atoms with van der Waals surface area (Å²) in [7, 11) is 0. The molecule has 0 spiro atoms. The van der Waals surface area contributed by atoms with E-state index in [4.69, 9.17) is 9.47 Å². The van der Waals surface area contributed by atoms with Crippen molar-refractivity contribution < 1.29 is 23.5 Å². The first-order chi connectivity index (χ1) is 18.9. The van der Waals surface area contributed by atoms with Gasteiger partial charge < -0.3 is 14.8 Å². The number of nitrogens with one attached hydrogen (secondary N) is 1. The van der Waals surface area contributed by atoms with Crippen LogP contribution in [0.2, 0.25) is 0 Å². The molecule has 1 atom stereocenters. The third-order valence-electron chi connectivity index (χ3n) is 5.96. The molecule has 9 heteroatoms. The largest absolute Gasteiger partial charge is 0.473 e. The highest BCUT2D eigenvalue weighted by atomic mass is 19.1. The molecular weight excluding hydrogens is 499 g/mol. The third-order valence-corrected chi connectivity index (χ3v) is 5.96. The third kappa shape index (κ3) is 6.67. The Morgan fingerprint density at radius 2 is 1.79 bits per heavy atom. The summed E-state index contributed by atoms with van der Waals surface area (Å²) in [4.78, 5) is 25.6. The summed E-state index contributed by atoms with van der Waals surface area (Å²) in [6.45, 7) is 3.87. The lowest BCUT2D eigenvalue weighted by atomic mass is 10.0. The van der Waals surface area contributed by atoms with Gasteiger partial charge in [-0.15, -0.1) is 0 Å². The highest BCUT2D eigenvalue weighted by Crippen LogP contribution is 2.25. The molecule has 0 saturated heterocycles. The number of aryl methyl sites for hydroxylation is 1. The monoisotopic (exact) mass is 526 g/mol. The van der Waals surface area contributed by atoms with E-state index in [1.807, 2.05) is 31.2 Å². The van der Waals surface area contributed by atoms with Gasteiger partial charge in [-0.05, 0) is 37.6 Å². The van der Waals surface area contributed by atoms with E-state index in [9.17, 15) is 19.2 Å². The zero-order chi connectivity index (χ0) is 27.8. The number of hydrogen-bond donors (Lipinski definition) is 1. The predicted molar refractivity (Wildman–Crippen MR) is 142 cm³/mol. The molecule has 1 heterocycles. The zero-order valence-corrected chi connectivity index (χ0v) is 21.6. The number of rotatable bonds is 10. The molecule has 198 valence electrons. The molecule has 4 rings (SSSR count). The van der Waals surface area contributed by atoms with E-state index in [2.05, 4.69) is 16.5 Å². The van der Waals surface area contributed by atoms with E-state index in [1.54, 1.807) is 43.3 Å². The van der Waals surface area contributed by atoms with Crippen molar-refractivity contribution in [2.75, 3.05) is 6.61 Å². The van der Waals surface area contributed by atoms with Crippen LogP contribution >= 0.6 is 0 Å². The number of nitriles is 1. The average molecular weight is 527 g/mol. The number of carbonyl (C=O) groups is 2. The molecule has 8 nitrogen and oxygen atoms in total. The lowest BCUT2D eigenvalue weighted by molar-refractivity contribution is -0.143. The van der Waals surface area contributed by atoms with Crippen LogP contribution in [-0.2, 0) is 16.1 Å². The molecule has 0 aliphatic heterocycles. The van der Waals surface area contributed by atoms with Crippen LogP contribution in [0.1, 0.15) is 52.1 Å². The number of nitrogens with zero attached hydrogens (tertiary/aromatic N) is 3. The van der Waals surface area contributed by atoms with Crippen molar-refractivity contribution >= 4 is 11.9 Å². The van der Waals surface area contributed by atoms with Crippen molar-refractivity contribution in [3.8, 4) is 17.6 Å². The average Bonchev–Trinajstić information content (AvgIpc) is 3.36. The smallest absolute Gasteiger partial charge is 0.308 e. The van der Waals surface area contributed by atoms with Gasteiger partial charge in [-0.1, -0.05) is 60.2 Å². The summed E-state index contributed by atoms with van der Waals surface area (Å²) in [6, 6.07) is 23.2. The van der Waals surface area contributed by atoms with E-state index < -0.39 is 23.7 Å². The predicted octanol–water partition coefficient (Wildman–Crippen LogP) is 5.19. The van der Waals surface area contributed by atoms with Crippen molar-refractivity contribution in [1.29, 1.82) is 5.26 Å². The molecule has 3 aromatic carbocycles. The minimum Gasteiger partial charge on any atom is -0.473 e. The van der Waals surface area contributed by atoms with Gasteiger partial charge in [0.25, 0.3) is 5.91 Å².